The number of thiophene rings is 1. The number of carbonyl (C=O) groups is 1. The van der Waals surface area contributed by atoms with Gasteiger partial charge in [0.2, 0.25) is 5.91 Å². The van der Waals surface area contributed by atoms with Gasteiger partial charge in [-0.25, -0.2) is 0 Å². The Morgan fingerprint density at radius 2 is 2.19 bits per heavy atom. The maximum Gasteiger partial charge on any atom is 0.237 e. The maximum absolute atomic E-state index is 12.5. The van der Waals surface area contributed by atoms with E-state index in [2.05, 4.69) is 51.2 Å². The van der Waals surface area contributed by atoms with E-state index in [4.69, 9.17) is 0 Å². The first-order valence-corrected chi connectivity index (χ1v) is 10.1. The van der Waals surface area contributed by atoms with Crippen molar-refractivity contribution in [1.29, 1.82) is 0 Å². The molecule has 2 aromatic rings. The number of hydrogen-bond donors (Lipinski definition) is 3. The highest BCUT2D eigenvalue weighted by atomic mass is 32.1. The SMILES string of the molecule is O=C(NCC(c1ccccc1)N1CCc2sccc2C1)C1CC(O)CN1. The number of nitrogens with one attached hydrogen (secondary N) is 2. The molecule has 3 heterocycles. The molecule has 2 aliphatic heterocycles. The number of carbonyl (C=O) groups excluding carboxylic acids is 1. The number of nitrogens with zero attached hydrogens (tertiary/aromatic N) is 1. The molecule has 0 aliphatic carbocycles. The van der Waals surface area contributed by atoms with E-state index in [0.29, 0.717) is 19.5 Å². The zero-order valence-electron chi connectivity index (χ0n) is 14.7. The second-order valence-corrected chi connectivity index (χ2v) is 8.11. The summed E-state index contributed by atoms with van der Waals surface area (Å²) in [7, 11) is 0. The van der Waals surface area contributed by atoms with Gasteiger partial charge < -0.3 is 15.7 Å². The Kier molecular flexibility index (Phi) is 5.36. The third-order valence-corrected chi connectivity index (χ3v) is 6.38. The Morgan fingerprint density at radius 1 is 1.35 bits per heavy atom. The molecule has 26 heavy (non-hydrogen) atoms. The Labute approximate surface area is 158 Å². The molecule has 3 N–H and O–H groups in total. The van der Waals surface area contributed by atoms with E-state index in [0.717, 1.165) is 19.5 Å². The summed E-state index contributed by atoms with van der Waals surface area (Å²) < 4.78 is 0. The monoisotopic (exact) mass is 371 g/mol. The fraction of sp³-hybridized carbons (Fsp3) is 0.450. The number of β-amino-alcohol motifs (C(OH)–C–C–N with tert-alkyl or cyclic N) is 1. The van der Waals surface area contributed by atoms with Crippen LogP contribution in [-0.4, -0.2) is 47.7 Å². The number of rotatable bonds is 5. The molecule has 3 atom stereocenters. The predicted molar refractivity (Wildman–Crippen MR) is 103 cm³/mol. The molecule has 0 spiro atoms. The van der Waals surface area contributed by atoms with Crippen LogP contribution in [0.15, 0.2) is 41.8 Å². The van der Waals surface area contributed by atoms with E-state index in [9.17, 15) is 9.90 Å². The van der Waals surface area contributed by atoms with Crippen molar-refractivity contribution < 1.29 is 9.90 Å². The van der Waals surface area contributed by atoms with Crippen molar-refractivity contribution in [2.24, 2.45) is 0 Å². The van der Waals surface area contributed by atoms with Gasteiger partial charge in [0, 0.05) is 31.1 Å². The summed E-state index contributed by atoms with van der Waals surface area (Å²) in [5, 5.41) is 18.0. The van der Waals surface area contributed by atoms with Crippen LogP contribution in [0, 0.1) is 0 Å². The van der Waals surface area contributed by atoms with Crippen molar-refractivity contribution in [3.63, 3.8) is 0 Å². The van der Waals surface area contributed by atoms with Gasteiger partial charge in [-0.15, -0.1) is 11.3 Å². The van der Waals surface area contributed by atoms with E-state index in [1.807, 2.05) is 17.4 Å². The summed E-state index contributed by atoms with van der Waals surface area (Å²) in [6.07, 6.45) is 1.14. The molecule has 1 aromatic heterocycles. The molecule has 1 amide bonds. The number of benzene rings is 1. The molecule has 0 radical (unpaired) electrons. The first-order chi connectivity index (χ1) is 12.7. The van der Waals surface area contributed by atoms with Gasteiger partial charge in [0.1, 0.15) is 0 Å². The molecule has 5 nitrogen and oxygen atoms in total. The number of fused-ring (bicyclic) bond motifs is 1. The van der Waals surface area contributed by atoms with Gasteiger partial charge in [0.25, 0.3) is 0 Å². The number of aliphatic hydroxyl groups excluding tert-OH is 1. The van der Waals surface area contributed by atoms with Crippen LogP contribution >= 0.6 is 11.3 Å². The quantitative estimate of drug-likeness (QED) is 0.748. The fourth-order valence-corrected chi connectivity index (χ4v) is 4.80. The second kappa shape index (κ2) is 7.88. The van der Waals surface area contributed by atoms with Gasteiger partial charge in [0.15, 0.2) is 0 Å². The van der Waals surface area contributed by atoms with Crippen LogP contribution in [0.2, 0.25) is 0 Å². The number of amides is 1. The number of hydrogen-bond acceptors (Lipinski definition) is 5. The minimum atomic E-state index is -0.422. The highest BCUT2D eigenvalue weighted by molar-refractivity contribution is 7.10. The van der Waals surface area contributed by atoms with E-state index in [1.54, 1.807) is 0 Å². The van der Waals surface area contributed by atoms with Gasteiger partial charge in [-0.3, -0.25) is 9.69 Å². The van der Waals surface area contributed by atoms with Crippen molar-refractivity contribution in [3.05, 3.63) is 57.8 Å². The van der Waals surface area contributed by atoms with Crippen LogP contribution < -0.4 is 10.6 Å². The fourth-order valence-electron chi connectivity index (χ4n) is 3.91. The molecule has 1 aromatic carbocycles. The van der Waals surface area contributed by atoms with E-state index in [-0.39, 0.29) is 18.0 Å². The molecule has 138 valence electrons. The van der Waals surface area contributed by atoms with Gasteiger partial charge >= 0.3 is 0 Å². The molecule has 6 heteroatoms. The van der Waals surface area contributed by atoms with Crippen molar-refractivity contribution in [2.75, 3.05) is 19.6 Å². The van der Waals surface area contributed by atoms with Crippen molar-refractivity contribution in [1.82, 2.24) is 15.5 Å². The zero-order chi connectivity index (χ0) is 17.9. The predicted octanol–water partition coefficient (Wildman–Crippen LogP) is 1.69. The van der Waals surface area contributed by atoms with Crippen molar-refractivity contribution in [3.8, 4) is 0 Å². The lowest BCUT2D eigenvalue weighted by Gasteiger charge is -2.35. The van der Waals surface area contributed by atoms with Crippen LogP contribution in [-0.2, 0) is 17.8 Å². The number of aliphatic hydroxyl groups is 1. The Morgan fingerprint density at radius 3 is 2.96 bits per heavy atom. The third kappa shape index (κ3) is 3.83. The summed E-state index contributed by atoms with van der Waals surface area (Å²) in [5.41, 5.74) is 2.64. The average molecular weight is 372 g/mol. The molecule has 4 rings (SSSR count). The van der Waals surface area contributed by atoms with Crippen molar-refractivity contribution in [2.45, 2.75) is 37.6 Å². The maximum atomic E-state index is 12.5. The molecule has 0 saturated carbocycles. The lowest BCUT2D eigenvalue weighted by Crippen LogP contribution is -2.45. The molecular formula is C20H25N3O2S. The first-order valence-electron chi connectivity index (χ1n) is 9.24. The van der Waals surface area contributed by atoms with Crippen molar-refractivity contribution >= 4 is 17.2 Å². The topological polar surface area (TPSA) is 64.6 Å². The Balaban J connectivity index is 1.46. The lowest BCUT2D eigenvalue weighted by atomic mass is 10.0. The van der Waals surface area contributed by atoms with Gasteiger partial charge in [-0.2, -0.15) is 0 Å². The minimum absolute atomic E-state index is 0.0179. The molecule has 0 bridgehead atoms. The highest BCUT2D eigenvalue weighted by Crippen LogP contribution is 2.30. The Bertz CT molecular complexity index is 749. The summed E-state index contributed by atoms with van der Waals surface area (Å²) in [6, 6.07) is 12.5. The molecule has 3 unspecified atom stereocenters. The summed E-state index contributed by atoms with van der Waals surface area (Å²) >= 11 is 1.84. The van der Waals surface area contributed by atoms with Gasteiger partial charge in [-0.1, -0.05) is 30.3 Å². The van der Waals surface area contributed by atoms with Crippen LogP contribution in [0.3, 0.4) is 0 Å². The Hall–Kier alpha value is -1.73. The zero-order valence-corrected chi connectivity index (χ0v) is 15.5. The third-order valence-electron chi connectivity index (χ3n) is 5.36. The molecular weight excluding hydrogens is 346 g/mol. The van der Waals surface area contributed by atoms with Crippen LogP contribution in [0.25, 0.3) is 0 Å². The van der Waals surface area contributed by atoms with Crippen LogP contribution in [0.4, 0.5) is 0 Å². The average Bonchev–Trinajstić information content (AvgIpc) is 3.31. The highest BCUT2D eigenvalue weighted by Gasteiger charge is 2.30. The molecule has 2 aliphatic rings. The normalized spacial score (nSPS) is 24.2. The summed E-state index contributed by atoms with van der Waals surface area (Å²) in [6.45, 7) is 3.00. The van der Waals surface area contributed by atoms with Crippen LogP contribution in [0.1, 0.15) is 28.5 Å². The largest absolute Gasteiger partial charge is 0.392 e. The first kappa shape index (κ1) is 17.7. The molecule has 1 fully saturated rings. The van der Waals surface area contributed by atoms with Gasteiger partial charge in [0.05, 0.1) is 18.2 Å². The van der Waals surface area contributed by atoms with Gasteiger partial charge in [-0.05, 0) is 35.4 Å². The molecule has 1 saturated heterocycles. The second-order valence-electron chi connectivity index (χ2n) is 7.11. The standard InChI is InChI=1S/C20H25N3O2S/c24-16-10-17(21-11-16)20(25)22-12-18(14-4-2-1-3-5-14)23-8-6-19-15(13-23)7-9-26-19/h1-5,7,9,16-18,21,24H,6,8,10-13H2,(H,22,25). The summed E-state index contributed by atoms with van der Waals surface area (Å²) in [4.78, 5) is 16.4. The van der Waals surface area contributed by atoms with E-state index < -0.39 is 6.10 Å². The summed E-state index contributed by atoms with van der Waals surface area (Å²) in [5.74, 6) is -0.0179. The minimum Gasteiger partial charge on any atom is -0.392 e. The lowest BCUT2D eigenvalue weighted by molar-refractivity contribution is -0.123. The van der Waals surface area contributed by atoms with E-state index >= 15 is 0 Å². The smallest absolute Gasteiger partial charge is 0.237 e. The van der Waals surface area contributed by atoms with E-state index in [1.165, 1.54) is 16.0 Å². The van der Waals surface area contributed by atoms with Crippen LogP contribution in [0.5, 0.6) is 0 Å².